The number of likely N-dealkylation sites (N-methyl/N-ethyl adjacent to an activating group) is 1. The number of hydrogen-bond acceptors (Lipinski definition) is 4. The maximum atomic E-state index is 12.2. The van der Waals surface area contributed by atoms with E-state index in [0.29, 0.717) is 24.0 Å². The fourth-order valence-corrected chi connectivity index (χ4v) is 2.42. The smallest absolute Gasteiger partial charge is 0.321 e. The standard InChI is InChI=1S/C16H21N5O2/c1-10-17-15(20-19-10)12-4-3-5-13(8-12)18-16(23)21(2)9-14(22)11-6-7-11/h3-5,8,11,14,22H,6-7,9H2,1-2H3,(H,18,23)(H,17,19,20). The lowest BCUT2D eigenvalue weighted by molar-refractivity contribution is 0.117. The number of aromatic amines is 1. The molecule has 1 saturated carbocycles. The third-order valence-electron chi connectivity index (χ3n) is 3.94. The zero-order chi connectivity index (χ0) is 16.4. The third kappa shape index (κ3) is 3.87. The van der Waals surface area contributed by atoms with Gasteiger partial charge in [0.25, 0.3) is 0 Å². The molecule has 0 bridgehead atoms. The lowest BCUT2D eigenvalue weighted by Gasteiger charge is -2.21. The Morgan fingerprint density at radius 2 is 2.30 bits per heavy atom. The number of urea groups is 1. The summed E-state index contributed by atoms with van der Waals surface area (Å²) in [5.74, 6) is 1.68. The topological polar surface area (TPSA) is 94.1 Å². The number of nitrogens with one attached hydrogen (secondary N) is 2. The number of rotatable bonds is 5. The molecule has 3 rings (SSSR count). The Morgan fingerprint density at radius 3 is 2.96 bits per heavy atom. The first-order valence-corrected chi connectivity index (χ1v) is 7.72. The maximum absolute atomic E-state index is 12.2. The molecule has 1 aliphatic rings. The molecule has 1 aromatic heterocycles. The van der Waals surface area contributed by atoms with Crippen LogP contribution in [0, 0.1) is 12.8 Å². The highest BCUT2D eigenvalue weighted by Gasteiger charge is 2.31. The number of amides is 2. The van der Waals surface area contributed by atoms with Gasteiger partial charge in [-0.1, -0.05) is 12.1 Å². The van der Waals surface area contributed by atoms with Crippen LogP contribution in [0.1, 0.15) is 18.7 Å². The summed E-state index contributed by atoms with van der Waals surface area (Å²) in [5.41, 5.74) is 1.50. The van der Waals surface area contributed by atoms with Gasteiger partial charge in [0.1, 0.15) is 5.82 Å². The first-order chi connectivity index (χ1) is 11.0. The molecule has 0 radical (unpaired) electrons. The monoisotopic (exact) mass is 315 g/mol. The lowest BCUT2D eigenvalue weighted by atomic mass is 10.2. The first-order valence-electron chi connectivity index (χ1n) is 7.72. The molecule has 1 aliphatic carbocycles. The molecule has 3 N–H and O–H groups in total. The maximum Gasteiger partial charge on any atom is 0.321 e. The summed E-state index contributed by atoms with van der Waals surface area (Å²) >= 11 is 0. The number of H-pyrrole nitrogens is 1. The fourth-order valence-electron chi connectivity index (χ4n) is 2.42. The number of aliphatic hydroxyl groups excluding tert-OH is 1. The van der Waals surface area contributed by atoms with E-state index in [4.69, 9.17) is 0 Å². The lowest BCUT2D eigenvalue weighted by Crippen LogP contribution is -2.38. The number of aromatic nitrogens is 3. The molecule has 0 saturated heterocycles. The van der Waals surface area contributed by atoms with Crippen LogP contribution >= 0.6 is 0 Å². The molecule has 1 atom stereocenters. The van der Waals surface area contributed by atoms with Gasteiger partial charge in [0.2, 0.25) is 0 Å². The van der Waals surface area contributed by atoms with Crippen LogP contribution in [0.5, 0.6) is 0 Å². The minimum absolute atomic E-state index is 0.243. The van der Waals surface area contributed by atoms with E-state index in [1.165, 1.54) is 4.90 Å². The second-order valence-corrected chi connectivity index (χ2v) is 6.04. The van der Waals surface area contributed by atoms with E-state index in [9.17, 15) is 9.90 Å². The Balaban J connectivity index is 1.63. The quantitative estimate of drug-likeness (QED) is 0.786. The second kappa shape index (κ2) is 6.37. The van der Waals surface area contributed by atoms with E-state index < -0.39 is 6.10 Å². The van der Waals surface area contributed by atoms with Crippen molar-refractivity contribution in [3.05, 3.63) is 30.1 Å². The summed E-state index contributed by atoms with van der Waals surface area (Å²) < 4.78 is 0. The van der Waals surface area contributed by atoms with Crippen molar-refractivity contribution in [3.8, 4) is 11.4 Å². The Hall–Kier alpha value is -2.41. The molecular weight excluding hydrogens is 294 g/mol. The van der Waals surface area contributed by atoms with Crippen molar-refractivity contribution in [1.29, 1.82) is 0 Å². The summed E-state index contributed by atoms with van der Waals surface area (Å²) in [5, 5.41) is 19.7. The van der Waals surface area contributed by atoms with Gasteiger partial charge in [0.05, 0.1) is 6.10 Å². The number of aliphatic hydroxyl groups is 1. The highest BCUT2D eigenvalue weighted by molar-refractivity contribution is 5.89. The second-order valence-electron chi connectivity index (χ2n) is 6.04. The number of hydrogen-bond donors (Lipinski definition) is 3. The van der Waals surface area contributed by atoms with Crippen LogP contribution in [-0.2, 0) is 0 Å². The average molecular weight is 315 g/mol. The molecule has 1 heterocycles. The number of benzene rings is 1. The number of carbonyl (C=O) groups is 1. The summed E-state index contributed by atoms with van der Waals surface area (Å²) in [6.07, 6.45) is 1.66. The van der Waals surface area contributed by atoms with Gasteiger partial charge in [0.15, 0.2) is 5.82 Å². The number of carbonyl (C=O) groups excluding carboxylic acids is 1. The molecule has 122 valence electrons. The predicted octanol–water partition coefficient (Wildman–Crippen LogP) is 2.01. The molecule has 0 spiro atoms. The van der Waals surface area contributed by atoms with Crippen LogP contribution in [0.25, 0.3) is 11.4 Å². The van der Waals surface area contributed by atoms with E-state index in [0.717, 1.165) is 24.2 Å². The third-order valence-corrected chi connectivity index (χ3v) is 3.94. The van der Waals surface area contributed by atoms with Crippen LogP contribution in [0.4, 0.5) is 10.5 Å². The molecule has 1 aromatic carbocycles. The van der Waals surface area contributed by atoms with Crippen molar-refractivity contribution in [1.82, 2.24) is 20.1 Å². The Bertz CT molecular complexity index is 695. The molecule has 7 heteroatoms. The largest absolute Gasteiger partial charge is 0.391 e. The van der Waals surface area contributed by atoms with Crippen molar-refractivity contribution in [2.75, 3.05) is 18.9 Å². The number of nitrogens with zero attached hydrogens (tertiary/aromatic N) is 3. The molecular formula is C16H21N5O2. The average Bonchev–Trinajstić information content (AvgIpc) is 3.29. The van der Waals surface area contributed by atoms with E-state index in [2.05, 4.69) is 20.5 Å². The van der Waals surface area contributed by atoms with E-state index in [1.54, 1.807) is 7.05 Å². The van der Waals surface area contributed by atoms with Crippen molar-refractivity contribution < 1.29 is 9.90 Å². The van der Waals surface area contributed by atoms with Gasteiger partial charge in [-0.25, -0.2) is 9.78 Å². The van der Waals surface area contributed by atoms with Crippen molar-refractivity contribution in [2.24, 2.45) is 5.92 Å². The van der Waals surface area contributed by atoms with Gasteiger partial charge in [-0.05, 0) is 37.8 Å². The van der Waals surface area contributed by atoms with Gasteiger partial charge < -0.3 is 15.3 Å². The summed E-state index contributed by atoms with van der Waals surface area (Å²) in [6.45, 7) is 2.18. The van der Waals surface area contributed by atoms with E-state index >= 15 is 0 Å². The summed E-state index contributed by atoms with van der Waals surface area (Å²) in [4.78, 5) is 18.0. The molecule has 7 nitrogen and oxygen atoms in total. The van der Waals surface area contributed by atoms with Crippen LogP contribution in [0.3, 0.4) is 0 Å². The SMILES string of the molecule is Cc1nc(-c2cccc(NC(=O)N(C)CC(O)C3CC3)c2)n[nH]1. The zero-order valence-electron chi connectivity index (χ0n) is 13.3. The van der Waals surface area contributed by atoms with Crippen molar-refractivity contribution in [2.45, 2.75) is 25.9 Å². The van der Waals surface area contributed by atoms with E-state index in [-0.39, 0.29) is 6.03 Å². The minimum atomic E-state index is -0.437. The van der Waals surface area contributed by atoms with Crippen molar-refractivity contribution in [3.63, 3.8) is 0 Å². The molecule has 2 amide bonds. The van der Waals surface area contributed by atoms with Crippen molar-refractivity contribution >= 4 is 11.7 Å². The zero-order valence-corrected chi connectivity index (χ0v) is 13.3. The molecule has 1 unspecified atom stereocenters. The predicted molar refractivity (Wildman–Crippen MR) is 86.9 cm³/mol. The molecule has 23 heavy (non-hydrogen) atoms. The molecule has 2 aromatic rings. The van der Waals surface area contributed by atoms with Gasteiger partial charge >= 0.3 is 6.03 Å². The Morgan fingerprint density at radius 1 is 1.52 bits per heavy atom. The van der Waals surface area contributed by atoms with Crippen LogP contribution in [-0.4, -0.2) is 50.9 Å². The Labute approximate surface area is 134 Å². The van der Waals surface area contributed by atoms with Crippen LogP contribution < -0.4 is 5.32 Å². The van der Waals surface area contributed by atoms with Crippen LogP contribution in [0.15, 0.2) is 24.3 Å². The summed E-state index contributed by atoms with van der Waals surface area (Å²) in [7, 11) is 1.68. The molecule has 0 aliphatic heterocycles. The Kier molecular flexibility index (Phi) is 4.29. The van der Waals surface area contributed by atoms with E-state index in [1.807, 2.05) is 31.2 Å². The minimum Gasteiger partial charge on any atom is -0.391 e. The normalized spacial score (nSPS) is 15.3. The first kappa shape index (κ1) is 15.5. The fraction of sp³-hybridized carbons (Fsp3) is 0.438. The van der Waals surface area contributed by atoms with Gasteiger partial charge in [-0.2, -0.15) is 5.10 Å². The van der Waals surface area contributed by atoms with Gasteiger partial charge in [-0.3, -0.25) is 5.10 Å². The van der Waals surface area contributed by atoms with Gasteiger partial charge in [-0.15, -0.1) is 0 Å². The van der Waals surface area contributed by atoms with Gasteiger partial charge in [0, 0.05) is 24.8 Å². The number of anilines is 1. The highest BCUT2D eigenvalue weighted by Crippen LogP contribution is 2.32. The highest BCUT2D eigenvalue weighted by atomic mass is 16.3. The number of aryl methyl sites for hydroxylation is 1. The van der Waals surface area contributed by atoms with Crippen LogP contribution in [0.2, 0.25) is 0 Å². The summed E-state index contributed by atoms with van der Waals surface area (Å²) in [6, 6.07) is 7.12. The molecule has 1 fully saturated rings.